The van der Waals surface area contributed by atoms with Crippen molar-refractivity contribution in [3.63, 3.8) is 0 Å². The Bertz CT molecular complexity index is 230. The minimum absolute atomic E-state index is 0.606. The minimum Gasteiger partial charge on any atom is -0.311 e. The Morgan fingerprint density at radius 3 is 2.93 bits per heavy atom. The Morgan fingerprint density at radius 1 is 1.36 bits per heavy atom. The van der Waals surface area contributed by atoms with Crippen molar-refractivity contribution in [2.45, 2.75) is 45.6 Å². The summed E-state index contributed by atoms with van der Waals surface area (Å²) in [5.74, 6) is 0. The quantitative estimate of drug-likeness (QED) is 0.649. The minimum atomic E-state index is 0.606. The van der Waals surface area contributed by atoms with E-state index in [9.17, 15) is 0 Å². The van der Waals surface area contributed by atoms with Crippen molar-refractivity contribution in [1.29, 1.82) is 0 Å². The third-order valence-corrected chi connectivity index (χ3v) is 3.12. The van der Waals surface area contributed by atoms with Gasteiger partial charge in [-0.2, -0.15) is 0 Å². The summed E-state index contributed by atoms with van der Waals surface area (Å²) >= 11 is 6.12. The Morgan fingerprint density at radius 2 is 2.14 bits per heavy atom. The zero-order valence-electron chi connectivity index (χ0n) is 9.15. The second-order valence-electron chi connectivity index (χ2n) is 4.03. The van der Waals surface area contributed by atoms with Crippen LogP contribution in [0, 0.1) is 0 Å². The summed E-state index contributed by atoms with van der Waals surface area (Å²) in [5, 5.41) is 4.34. The van der Waals surface area contributed by atoms with Crippen molar-refractivity contribution in [2.75, 3.05) is 6.54 Å². The van der Waals surface area contributed by atoms with Gasteiger partial charge in [-0.15, -0.1) is 0 Å². The van der Waals surface area contributed by atoms with Crippen molar-refractivity contribution >= 4 is 11.6 Å². The zero-order valence-corrected chi connectivity index (χ0v) is 9.90. The van der Waals surface area contributed by atoms with E-state index in [1.165, 1.54) is 24.8 Å². The van der Waals surface area contributed by atoms with Crippen LogP contribution in [-0.2, 0) is 0 Å². The molecule has 1 aliphatic heterocycles. The number of hydrogen-bond acceptors (Lipinski definition) is 1. The van der Waals surface area contributed by atoms with Crippen LogP contribution < -0.4 is 5.32 Å². The van der Waals surface area contributed by atoms with E-state index in [0.717, 1.165) is 18.0 Å². The highest BCUT2D eigenvalue weighted by atomic mass is 35.5. The van der Waals surface area contributed by atoms with Gasteiger partial charge in [0.1, 0.15) is 0 Å². The molecule has 0 saturated heterocycles. The summed E-state index contributed by atoms with van der Waals surface area (Å²) in [6, 6.07) is 0.606. The first-order valence-electron chi connectivity index (χ1n) is 5.46. The summed E-state index contributed by atoms with van der Waals surface area (Å²) in [4.78, 5) is 0. The van der Waals surface area contributed by atoms with Crippen molar-refractivity contribution in [2.24, 2.45) is 0 Å². The van der Waals surface area contributed by atoms with E-state index >= 15 is 0 Å². The van der Waals surface area contributed by atoms with Crippen LogP contribution in [0.5, 0.6) is 0 Å². The summed E-state index contributed by atoms with van der Waals surface area (Å²) in [6.07, 6.45) is 9.30. The van der Waals surface area contributed by atoms with Gasteiger partial charge in [-0.3, -0.25) is 0 Å². The highest BCUT2D eigenvalue weighted by Gasteiger charge is 2.02. The van der Waals surface area contributed by atoms with Crippen molar-refractivity contribution in [3.05, 3.63) is 22.8 Å². The van der Waals surface area contributed by atoms with Crippen LogP contribution in [0.3, 0.4) is 0 Å². The highest BCUT2D eigenvalue weighted by molar-refractivity contribution is 6.31. The summed E-state index contributed by atoms with van der Waals surface area (Å²) < 4.78 is 0. The molecule has 14 heavy (non-hydrogen) atoms. The van der Waals surface area contributed by atoms with Gasteiger partial charge < -0.3 is 5.32 Å². The normalized spacial score (nSPS) is 33.5. The molecule has 0 saturated carbocycles. The molecule has 0 aromatic heterocycles. The van der Waals surface area contributed by atoms with Crippen molar-refractivity contribution in [1.82, 2.24) is 5.32 Å². The van der Waals surface area contributed by atoms with E-state index in [1.54, 1.807) is 0 Å². The third-order valence-electron chi connectivity index (χ3n) is 2.67. The lowest BCUT2D eigenvalue weighted by atomic mass is 10.1. The molecule has 0 aliphatic carbocycles. The van der Waals surface area contributed by atoms with Gasteiger partial charge in [-0.25, -0.2) is 0 Å². The van der Waals surface area contributed by atoms with Crippen LogP contribution in [-0.4, -0.2) is 12.6 Å². The number of rotatable bonds is 0. The molecule has 1 unspecified atom stereocenters. The molecule has 0 amide bonds. The second-order valence-corrected chi connectivity index (χ2v) is 4.44. The summed E-state index contributed by atoms with van der Waals surface area (Å²) in [5.41, 5.74) is 1.21. The maximum Gasteiger partial charge on any atom is 0.0404 e. The third kappa shape index (κ3) is 4.30. The van der Waals surface area contributed by atoms with Crippen LogP contribution in [0.15, 0.2) is 22.8 Å². The van der Waals surface area contributed by atoms with Crippen LogP contribution in [0.1, 0.15) is 39.5 Å². The van der Waals surface area contributed by atoms with Gasteiger partial charge in [-0.1, -0.05) is 30.2 Å². The number of halogens is 1. The molecule has 1 rings (SSSR count). The van der Waals surface area contributed by atoms with Crippen LogP contribution >= 0.6 is 11.6 Å². The van der Waals surface area contributed by atoms with Gasteiger partial charge in [0, 0.05) is 17.6 Å². The Hall–Kier alpha value is -0.270. The molecule has 0 bridgehead atoms. The second kappa shape index (κ2) is 6.26. The average Bonchev–Trinajstić information content (AvgIpc) is 2.18. The monoisotopic (exact) mass is 213 g/mol. The number of allylic oxidation sites excluding steroid dienone is 3. The fourth-order valence-corrected chi connectivity index (χ4v) is 1.78. The molecule has 0 fully saturated rings. The summed E-state index contributed by atoms with van der Waals surface area (Å²) in [7, 11) is 0. The van der Waals surface area contributed by atoms with Gasteiger partial charge >= 0.3 is 0 Å². The van der Waals surface area contributed by atoms with Gasteiger partial charge in [0.2, 0.25) is 0 Å². The SMILES string of the molecule is CC1=C/CCCCC(C)NC/C=C\1Cl. The van der Waals surface area contributed by atoms with E-state index in [4.69, 9.17) is 11.6 Å². The topological polar surface area (TPSA) is 12.0 Å². The molecule has 0 radical (unpaired) electrons. The highest BCUT2D eigenvalue weighted by Crippen LogP contribution is 2.16. The molecule has 0 aromatic carbocycles. The number of hydrogen-bond donors (Lipinski definition) is 1. The molecule has 1 atom stereocenters. The fraction of sp³-hybridized carbons (Fsp3) is 0.667. The maximum absolute atomic E-state index is 6.12. The van der Waals surface area contributed by atoms with Gasteiger partial charge in [0.05, 0.1) is 0 Å². The molecule has 80 valence electrons. The Kier molecular flexibility index (Phi) is 5.28. The van der Waals surface area contributed by atoms with Crippen LogP contribution in [0.25, 0.3) is 0 Å². The van der Waals surface area contributed by atoms with Gasteiger partial charge in [0.15, 0.2) is 0 Å². The maximum atomic E-state index is 6.12. The first-order chi connectivity index (χ1) is 6.70. The Balaban J connectivity index is 2.58. The first-order valence-corrected chi connectivity index (χ1v) is 5.84. The van der Waals surface area contributed by atoms with Gasteiger partial charge in [0.25, 0.3) is 0 Å². The average molecular weight is 214 g/mol. The standard InChI is InChI=1S/C12H20ClN/c1-10-6-4-3-5-7-11(2)14-9-8-12(10)13/h6,8,11,14H,3-5,7,9H2,1-2H3/b10-6-,12-8+. The van der Waals surface area contributed by atoms with E-state index in [0.29, 0.717) is 6.04 Å². The molecule has 1 N–H and O–H groups in total. The van der Waals surface area contributed by atoms with E-state index < -0.39 is 0 Å². The molecular weight excluding hydrogens is 194 g/mol. The predicted octanol–water partition coefficient (Wildman–Crippen LogP) is 3.61. The molecule has 0 spiro atoms. The van der Waals surface area contributed by atoms with Crippen LogP contribution in [0.4, 0.5) is 0 Å². The van der Waals surface area contributed by atoms with Gasteiger partial charge in [-0.05, 0) is 38.7 Å². The molecule has 1 aliphatic rings. The van der Waals surface area contributed by atoms with E-state index in [2.05, 4.69) is 31.3 Å². The van der Waals surface area contributed by atoms with Crippen molar-refractivity contribution in [3.8, 4) is 0 Å². The lowest BCUT2D eigenvalue weighted by Gasteiger charge is -2.11. The Labute approximate surface area is 92.2 Å². The lowest BCUT2D eigenvalue weighted by molar-refractivity contribution is 0.514. The fourth-order valence-electron chi connectivity index (χ4n) is 1.62. The zero-order chi connectivity index (χ0) is 10.4. The predicted molar refractivity (Wildman–Crippen MR) is 63.6 cm³/mol. The van der Waals surface area contributed by atoms with Crippen LogP contribution in [0.2, 0.25) is 0 Å². The smallest absolute Gasteiger partial charge is 0.0404 e. The van der Waals surface area contributed by atoms with Crippen molar-refractivity contribution < 1.29 is 0 Å². The largest absolute Gasteiger partial charge is 0.311 e. The molecular formula is C12H20ClN. The summed E-state index contributed by atoms with van der Waals surface area (Å²) in [6.45, 7) is 5.20. The number of nitrogens with one attached hydrogen (secondary N) is 1. The molecule has 1 nitrogen and oxygen atoms in total. The van der Waals surface area contributed by atoms with E-state index in [-0.39, 0.29) is 0 Å². The first kappa shape index (κ1) is 11.8. The van der Waals surface area contributed by atoms with E-state index in [1.807, 2.05) is 0 Å². The molecule has 2 heteroatoms. The lowest BCUT2D eigenvalue weighted by Crippen LogP contribution is -2.25. The molecule has 0 aromatic rings. The molecule has 1 heterocycles.